The van der Waals surface area contributed by atoms with Crippen LogP contribution in [0.15, 0.2) is 36.4 Å². The molecule has 0 fully saturated rings. The van der Waals surface area contributed by atoms with Gasteiger partial charge in [0.15, 0.2) is 0 Å². The molecular weight excluding hydrogens is 356 g/mol. The number of amides is 1. The van der Waals surface area contributed by atoms with Crippen LogP contribution in [0.2, 0.25) is 0 Å². The van der Waals surface area contributed by atoms with Gasteiger partial charge >= 0.3 is 12.1 Å². The quantitative estimate of drug-likeness (QED) is 0.770. The van der Waals surface area contributed by atoms with E-state index in [4.69, 9.17) is 9.47 Å². The monoisotopic (exact) mass is 384 g/mol. The molecule has 0 saturated heterocycles. The second-order valence-corrected chi connectivity index (χ2v) is 8.16. The fourth-order valence-electron chi connectivity index (χ4n) is 2.49. The molecule has 1 N–H and O–H groups in total. The van der Waals surface area contributed by atoms with Gasteiger partial charge in [0, 0.05) is 5.39 Å². The minimum absolute atomic E-state index is 0.278. The Morgan fingerprint density at radius 1 is 1.11 bits per heavy atom. The van der Waals surface area contributed by atoms with Crippen LogP contribution in [0.5, 0.6) is 0 Å². The smallest absolute Gasteiger partial charge is 0.407 e. The molecule has 0 atom stereocenters. The van der Waals surface area contributed by atoms with Crippen molar-refractivity contribution in [3.63, 3.8) is 0 Å². The highest BCUT2D eigenvalue weighted by molar-refractivity contribution is 5.83. The molecule has 1 aromatic carbocycles. The minimum Gasteiger partial charge on any atom is -0.468 e. The largest absolute Gasteiger partial charge is 0.468 e. The van der Waals surface area contributed by atoms with E-state index in [0.717, 1.165) is 22.2 Å². The highest BCUT2D eigenvalue weighted by atomic mass is 16.6. The zero-order valence-corrected chi connectivity index (χ0v) is 17.3. The maximum Gasteiger partial charge on any atom is 0.407 e. The fraction of sp³-hybridized carbons (Fsp3) is 0.409. The standard InChI is InChI=1S/C22H28N2O4/c1-21(2,3)28-20(26)23-14-17-10-9-16-8-7-15(13-18(16)24-17)11-12-22(4,5)19(25)27-6/h7-13H,14H2,1-6H3,(H,23,26). The van der Waals surface area contributed by atoms with E-state index in [1.54, 1.807) is 13.8 Å². The second kappa shape index (κ2) is 8.42. The number of nitrogens with zero attached hydrogens (tertiary/aromatic N) is 1. The number of carbonyl (C=O) groups is 2. The van der Waals surface area contributed by atoms with Crippen LogP contribution < -0.4 is 5.32 Å². The van der Waals surface area contributed by atoms with Crippen molar-refractivity contribution in [2.45, 2.75) is 46.8 Å². The minimum atomic E-state index is -0.712. The molecular formula is C22H28N2O4. The highest BCUT2D eigenvalue weighted by Gasteiger charge is 2.25. The van der Waals surface area contributed by atoms with Gasteiger partial charge in [-0.2, -0.15) is 0 Å². The van der Waals surface area contributed by atoms with Crippen LogP contribution in [0.25, 0.3) is 17.0 Å². The number of rotatable bonds is 5. The molecule has 1 heterocycles. The predicted molar refractivity (Wildman–Crippen MR) is 110 cm³/mol. The van der Waals surface area contributed by atoms with E-state index in [0.29, 0.717) is 0 Å². The van der Waals surface area contributed by atoms with E-state index in [9.17, 15) is 9.59 Å². The Kier molecular flexibility index (Phi) is 6.44. The molecule has 150 valence electrons. The van der Waals surface area contributed by atoms with Crippen LogP contribution in [0.4, 0.5) is 4.79 Å². The van der Waals surface area contributed by atoms with Gasteiger partial charge in [0.1, 0.15) is 5.60 Å². The number of ether oxygens (including phenoxy) is 2. The van der Waals surface area contributed by atoms with Gasteiger partial charge in [0.2, 0.25) is 0 Å². The lowest BCUT2D eigenvalue weighted by Crippen LogP contribution is -2.32. The molecule has 0 aliphatic carbocycles. The van der Waals surface area contributed by atoms with E-state index in [-0.39, 0.29) is 12.5 Å². The summed E-state index contributed by atoms with van der Waals surface area (Å²) in [6, 6.07) is 9.71. The molecule has 1 amide bonds. The SMILES string of the molecule is COC(=O)C(C)(C)C=Cc1ccc2ccc(CNC(=O)OC(C)(C)C)nc2c1. The summed E-state index contributed by atoms with van der Waals surface area (Å²) in [5.41, 5.74) is 1.21. The Hall–Kier alpha value is -2.89. The number of carbonyl (C=O) groups excluding carboxylic acids is 2. The molecule has 0 radical (unpaired) electrons. The lowest BCUT2D eigenvalue weighted by atomic mass is 9.92. The predicted octanol–water partition coefficient (Wildman–Crippen LogP) is 4.47. The summed E-state index contributed by atoms with van der Waals surface area (Å²) in [5, 5.41) is 3.70. The number of alkyl carbamates (subject to hydrolysis) is 1. The molecule has 6 heteroatoms. The van der Waals surface area contributed by atoms with E-state index in [2.05, 4.69) is 10.3 Å². The number of pyridine rings is 1. The van der Waals surface area contributed by atoms with Crippen molar-refractivity contribution in [3.8, 4) is 0 Å². The van der Waals surface area contributed by atoms with Gasteiger partial charge < -0.3 is 14.8 Å². The number of fused-ring (bicyclic) bond motifs is 1. The third-order valence-corrected chi connectivity index (χ3v) is 3.99. The van der Waals surface area contributed by atoms with Crippen LogP contribution in [0, 0.1) is 5.41 Å². The van der Waals surface area contributed by atoms with Crippen LogP contribution in [0.3, 0.4) is 0 Å². The number of hydrogen-bond donors (Lipinski definition) is 1. The molecule has 2 rings (SSSR count). The first-order valence-corrected chi connectivity index (χ1v) is 9.14. The number of benzene rings is 1. The first kappa shape index (κ1) is 21.4. The van der Waals surface area contributed by atoms with Gasteiger partial charge in [-0.15, -0.1) is 0 Å². The molecule has 2 aromatic rings. The third-order valence-electron chi connectivity index (χ3n) is 3.99. The third kappa shape index (κ3) is 6.08. The first-order valence-electron chi connectivity index (χ1n) is 9.14. The lowest BCUT2D eigenvalue weighted by Gasteiger charge is -2.19. The Morgan fingerprint density at radius 2 is 1.79 bits per heavy atom. The highest BCUT2D eigenvalue weighted by Crippen LogP contribution is 2.22. The topological polar surface area (TPSA) is 77.5 Å². The van der Waals surface area contributed by atoms with Crippen molar-refractivity contribution in [3.05, 3.63) is 47.7 Å². The Bertz CT molecular complexity index is 895. The zero-order valence-electron chi connectivity index (χ0n) is 17.3. The van der Waals surface area contributed by atoms with Crippen LogP contribution >= 0.6 is 0 Å². The van der Waals surface area contributed by atoms with Gasteiger partial charge in [-0.3, -0.25) is 9.78 Å². The summed E-state index contributed by atoms with van der Waals surface area (Å²) in [4.78, 5) is 28.2. The summed E-state index contributed by atoms with van der Waals surface area (Å²) in [7, 11) is 1.38. The summed E-state index contributed by atoms with van der Waals surface area (Å²) in [5.74, 6) is -0.293. The molecule has 0 aliphatic rings. The molecule has 0 unspecified atom stereocenters. The van der Waals surface area contributed by atoms with Crippen molar-refractivity contribution in [2.75, 3.05) is 7.11 Å². The van der Waals surface area contributed by atoms with E-state index in [1.807, 2.05) is 63.3 Å². The van der Waals surface area contributed by atoms with E-state index < -0.39 is 17.1 Å². The summed E-state index contributed by atoms with van der Waals surface area (Å²) < 4.78 is 10.1. The molecule has 0 aliphatic heterocycles. The van der Waals surface area contributed by atoms with Crippen LogP contribution in [-0.2, 0) is 20.8 Å². The lowest BCUT2D eigenvalue weighted by molar-refractivity contribution is -0.148. The maximum atomic E-state index is 11.8. The van der Waals surface area contributed by atoms with Crippen molar-refractivity contribution >= 4 is 29.0 Å². The zero-order chi connectivity index (χ0) is 20.9. The summed E-state index contributed by atoms with van der Waals surface area (Å²) in [6.07, 6.45) is 3.22. The number of esters is 1. The van der Waals surface area contributed by atoms with Crippen molar-refractivity contribution in [1.82, 2.24) is 10.3 Å². The first-order chi connectivity index (χ1) is 13.0. The van der Waals surface area contributed by atoms with Crippen LogP contribution in [-0.4, -0.2) is 29.8 Å². The van der Waals surface area contributed by atoms with E-state index >= 15 is 0 Å². The number of methoxy groups -OCH3 is 1. The average molecular weight is 384 g/mol. The summed E-state index contributed by atoms with van der Waals surface area (Å²) in [6.45, 7) is 9.33. The summed E-state index contributed by atoms with van der Waals surface area (Å²) >= 11 is 0. The molecule has 6 nitrogen and oxygen atoms in total. The average Bonchev–Trinajstić information content (AvgIpc) is 2.62. The van der Waals surface area contributed by atoms with E-state index in [1.165, 1.54) is 7.11 Å². The Balaban J connectivity index is 2.14. The van der Waals surface area contributed by atoms with Crippen molar-refractivity contribution < 1.29 is 19.1 Å². The van der Waals surface area contributed by atoms with Gasteiger partial charge in [-0.1, -0.05) is 30.4 Å². The van der Waals surface area contributed by atoms with Crippen molar-refractivity contribution in [1.29, 1.82) is 0 Å². The molecule has 0 spiro atoms. The number of aromatic nitrogens is 1. The van der Waals surface area contributed by atoms with Gasteiger partial charge in [0.05, 0.1) is 30.3 Å². The van der Waals surface area contributed by atoms with Gasteiger partial charge in [0.25, 0.3) is 0 Å². The van der Waals surface area contributed by atoms with Gasteiger partial charge in [-0.25, -0.2) is 4.79 Å². The molecule has 0 bridgehead atoms. The normalized spacial score (nSPS) is 12.2. The van der Waals surface area contributed by atoms with Gasteiger partial charge in [-0.05, 0) is 52.3 Å². The maximum absolute atomic E-state index is 11.8. The number of nitrogens with one attached hydrogen (secondary N) is 1. The second-order valence-electron chi connectivity index (χ2n) is 8.16. The molecule has 28 heavy (non-hydrogen) atoms. The Morgan fingerprint density at radius 3 is 2.43 bits per heavy atom. The van der Waals surface area contributed by atoms with Crippen LogP contribution in [0.1, 0.15) is 45.9 Å². The Labute approximate surface area is 165 Å². The number of hydrogen-bond acceptors (Lipinski definition) is 5. The van der Waals surface area contributed by atoms with Crippen molar-refractivity contribution in [2.24, 2.45) is 5.41 Å². The molecule has 1 aromatic heterocycles. The molecule has 0 saturated carbocycles. The fourth-order valence-corrected chi connectivity index (χ4v) is 2.49.